The first-order chi connectivity index (χ1) is 11.5. The summed E-state index contributed by atoms with van der Waals surface area (Å²) in [6.45, 7) is 3.78. The number of para-hydroxylation sites is 1. The minimum Gasteiger partial charge on any atom is -0.480 e. The van der Waals surface area contributed by atoms with Crippen molar-refractivity contribution in [3.8, 4) is 5.75 Å². The second-order valence-corrected chi connectivity index (χ2v) is 6.73. The van der Waals surface area contributed by atoms with Gasteiger partial charge in [-0.3, -0.25) is 4.79 Å². The standard InChI is InChI=1S/C18H24ClNO4/c1-12-6-5-8-15(13(12)2)20-17(21)10-24-18(22)11-23-16-9-4-3-7-14(16)19/h3-4,7,9,12-13,15H,5-6,8,10-11H2,1-2H3,(H,20,21)/t12-,13-,15+/m0/s1. The summed E-state index contributed by atoms with van der Waals surface area (Å²) in [6.07, 6.45) is 3.28. The lowest BCUT2D eigenvalue weighted by atomic mass is 9.78. The summed E-state index contributed by atoms with van der Waals surface area (Å²) in [7, 11) is 0. The number of hydrogen-bond acceptors (Lipinski definition) is 4. The number of halogens is 1. The summed E-state index contributed by atoms with van der Waals surface area (Å²) in [5.74, 6) is 0.560. The van der Waals surface area contributed by atoms with E-state index in [1.807, 2.05) is 0 Å². The van der Waals surface area contributed by atoms with Gasteiger partial charge in [-0.2, -0.15) is 0 Å². The molecule has 1 aliphatic carbocycles. The minimum atomic E-state index is -0.602. The molecule has 1 aliphatic rings. The van der Waals surface area contributed by atoms with E-state index in [0.29, 0.717) is 22.6 Å². The van der Waals surface area contributed by atoms with E-state index in [0.717, 1.165) is 12.8 Å². The lowest BCUT2D eigenvalue weighted by Crippen LogP contribution is -2.45. The highest BCUT2D eigenvalue weighted by Gasteiger charge is 2.28. The summed E-state index contributed by atoms with van der Waals surface area (Å²) >= 11 is 5.93. The van der Waals surface area contributed by atoms with Crippen LogP contribution in [0.25, 0.3) is 0 Å². The fourth-order valence-electron chi connectivity index (χ4n) is 2.92. The predicted octanol–water partition coefficient (Wildman–Crippen LogP) is 3.20. The van der Waals surface area contributed by atoms with Gasteiger partial charge >= 0.3 is 5.97 Å². The maximum atomic E-state index is 11.9. The summed E-state index contributed by atoms with van der Waals surface area (Å²) in [5.41, 5.74) is 0. The second kappa shape index (κ2) is 8.92. The largest absolute Gasteiger partial charge is 0.480 e. The number of carbonyl (C=O) groups excluding carboxylic acids is 2. The molecule has 0 bridgehead atoms. The zero-order chi connectivity index (χ0) is 17.5. The lowest BCUT2D eigenvalue weighted by molar-refractivity contribution is -0.150. The SMILES string of the molecule is C[C@H]1[C@@H](C)CCC[C@H]1NC(=O)COC(=O)COc1ccccc1Cl. The second-order valence-electron chi connectivity index (χ2n) is 6.32. The van der Waals surface area contributed by atoms with Crippen LogP contribution in [0.5, 0.6) is 5.75 Å². The highest BCUT2D eigenvalue weighted by Crippen LogP contribution is 2.29. The molecule has 0 aliphatic heterocycles. The maximum absolute atomic E-state index is 11.9. The van der Waals surface area contributed by atoms with E-state index in [4.69, 9.17) is 21.1 Å². The van der Waals surface area contributed by atoms with Crippen LogP contribution >= 0.6 is 11.6 Å². The average Bonchev–Trinajstić information content (AvgIpc) is 2.56. The van der Waals surface area contributed by atoms with Crippen molar-refractivity contribution in [2.24, 2.45) is 11.8 Å². The maximum Gasteiger partial charge on any atom is 0.344 e. The van der Waals surface area contributed by atoms with E-state index < -0.39 is 5.97 Å². The molecule has 0 unspecified atom stereocenters. The topological polar surface area (TPSA) is 64.6 Å². The number of esters is 1. The molecule has 24 heavy (non-hydrogen) atoms. The third kappa shape index (κ3) is 5.41. The van der Waals surface area contributed by atoms with Crippen molar-refractivity contribution in [2.75, 3.05) is 13.2 Å². The van der Waals surface area contributed by atoms with Gasteiger partial charge in [-0.05, 0) is 30.4 Å². The third-order valence-electron chi connectivity index (χ3n) is 4.60. The number of amides is 1. The van der Waals surface area contributed by atoms with Crippen LogP contribution in [0.3, 0.4) is 0 Å². The average molecular weight is 354 g/mol. The fraction of sp³-hybridized carbons (Fsp3) is 0.556. The molecule has 0 heterocycles. The number of ether oxygens (including phenoxy) is 2. The number of nitrogens with one attached hydrogen (secondary N) is 1. The summed E-state index contributed by atoms with van der Waals surface area (Å²) < 4.78 is 10.2. The van der Waals surface area contributed by atoms with E-state index in [1.54, 1.807) is 24.3 Å². The van der Waals surface area contributed by atoms with Gasteiger partial charge in [-0.1, -0.05) is 50.4 Å². The van der Waals surface area contributed by atoms with Gasteiger partial charge in [-0.25, -0.2) is 4.79 Å². The van der Waals surface area contributed by atoms with E-state index in [2.05, 4.69) is 19.2 Å². The molecular weight excluding hydrogens is 330 g/mol. The highest BCUT2D eigenvalue weighted by molar-refractivity contribution is 6.32. The van der Waals surface area contributed by atoms with Gasteiger partial charge in [0.05, 0.1) is 5.02 Å². The molecule has 0 spiro atoms. The zero-order valence-electron chi connectivity index (χ0n) is 14.1. The molecule has 1 aromatic rings. The lowest BCUT2D eigenvalue weighted by Gasteiger charge is -2.34. The number of hydrogen-bond donors (Lipinski definition) is 1. The third-order valence-corrected chi connectivity index (χ3v) is 4.91. The molecule has 3 atom stereocenters. The van der Waals surface area contributed by atoms with Gasteiger partial charge < -0.3 is 14.8 Å². The van der Waals surface area contributed by atoms with Gasteiger partial charge in [0.25, 0.3) is 5.91 Å². The van der Waals surface area contributed by atoms with Gasteiger partial charge in [0, 0.05) is 6.04 Å². The Morgan fingerprint density at radius 1 is 1.21 bits per heavy atom. The Hall–Kier alpha value is -1.75. The van der Waals surface area contributed by atoms with Crippen molar-refractivity contribution in [3.63, 3.8) is 0 Å². The number of carbonyl (C=O) groups is 2. The molecule has 1 amide bonds. The first-order valence-corrected chi connectivity index (χ1v) is 8.67. The molecule has 1 saturated carbocycles. The van der Waals surface area contributed by atoms with Crippen LogP contribution in [0.4, 0.5) is 0 Å². The van der Waals surface area contributed by atoms with Crippen molar-refractivity contribution in [1.82, 2.24) is 5.32 Å². The van der Waals surface area contributed by atoms with Gasteiger partial charge in [-0.15, -0.1) is 0 Å². The molecule has 0 radical (unpaired) electrons. The number of benzene rings is 1. The van der Waals surface area contributed by atoms with E-state index >= 15 is 0 Å². The smallest absolute Gasteiger partial charge is 0.344 e. The molecule has 0 aromatic heterocycles. The summed E-state index contributed by atoms with van der Waals surface area (Å²) in [4.78, 5) is 23.6. The molecular formula is C18H24ClNO4. The van der Waals surface area contributed by atoms with Crippen LogP contribution in [0.2, 0.25) is 5.02 Å². The monoisotopic (exact) mass is 353 g/mol. The first kappa shape index (κ1) is 18.6. The normalized spacial score (nSPS) is 23.4. The van der Waals surface area contributed by atoms with Gasteiger partial charge in [0.2, 0.25) is 0 Å². The van der Waals surface area contributed by atoms with Crippen molar-refractivity contribution >= 4 is 23.5 Å². The molecule has 1 N–H and O–H groups in total. The van der Waals surface area contributed by atoms with Crippen LogP contribution in [-0.4, -0.2) is 31.1 Å². The molecule has 2 rings (SSSR count). The van der Waals surface area contributed by atoms with E-state index in [9.17, 15) is 9.59 Å². The van der Waals surface area contributed by atoms with Crippen LogP contribution in [0, 0.1) is 11.8 Å². The molecule has 1 aromatic carbocycles. The molecule has 6 heteroatoms. The highest BCUT2D eigenvalue weighted by atomic mass is 35.5. The van der Waals surface area contributed by atoms with Crippen molar-refractivity contribution < 1.29 is 19.1 Å². The van der Waals surface area contributed by atoms with Gasteiger partial charge in [0.1, 0.15) is 5.75 Å². The molecule has 5 nitrogen and oxygen atoms in total. The predicted molar refractivity (Wildman–Crippen MR) is 92.0 cm³/mol. The van der Waals surface area contributed by atoms with Crippen LogP contribution in [0.1, 0.15) is 33.1 Å². The van der Waals surface area contributed by atoms with Crippen molar-refractivity contribution in [2.45, 2.75) is 39.2 Å². The first-order valence-electron chi connectivity index (χ1n) is 8.29. The Balaban J connectivity index is 1.69. The molecule has 0 saturated heterocycles. The Morgan fingerprint density at radius 2 is 1.96 bits per heavy atom. The minimum absolute atomic E-state index is 0.152. The summed E-state index contributed by atoms with van der Waals surface area (Å²) in [5, 5.41) is 3.38. The Labute approximate surface area is 147 Å². The van der Waals surface area contributed by atoms with E-state index in [-0.39, 0.29) is 25.2 Å². The van der Waals surface area contributed by atoms with Gasteiger partial charge in [0.15, 0.2) is 13.2 Å². The fourth-order valence-corrected chi connectivity index (χ4v) is 3.11. The Morgan fingerprint density at radius 3 is 2.71 bits per heavy atom. The Bertz CT molecular complexity index is 578. The summed E-state index contributed by atoms with van der Waals surface area (Å²) in [6, 6.07) is 7.01. The number of rotatable bonds is 6. The molecule has 132 valence electrons. The van der Waals surface area contributed by atoms with Crippen molar-refractivity contribution in [3.05, 3.63) is 29.3 Å². The van der Waals surface area contributed by atoms with E-state index in [1.165, 1.54) is 6.42 Å². The molecule has 1 fully saturated rings. The van der Waals surface area contributed by atoms with Crippen LogP contribution < -0.4 is 10.1 Å². The van der Waals surface area contributed by atoms with Crippen LogP contribution in [-0.2, 0) is 14.3 Å². The van der Waals surface area contributed by atoms with Crippen LogP contribution in [0.15, 0.2) is 24.3 Å². The quantitative estimate of drug-likeness (QED) is 0.797. The van der Waals surface area contributed by atoms with Crippen molar-refractivity contribution in [1.29, 1.82) is 0 Å². The zero-order valence-corrected chi connectivity index (χ0v) is 14.8. The Kier molecular flexibility index (Phi) is 6.91.